The van der Waals surface area contributed by atoms with E-state index in [0.29, 0.717) is 6.54 Å². The molecule has 1 aromatic rings. The molecule has 1 aliphatic heterocycles. The molecular weight excluding hydrogens is 198 g/mol. The van der Waals surface area contributed by atoms with Gasteiger partial charge in [0.2, 0.25) is 0 Å². The van der Waals surface area contributed by atoms with Gasteiger partial charge in [0, 0.05) is 24.2 Å². The van der Waals surface area contributed by atoms with Crippen molar-refractivity contribution < 1.29 is 4.74 Å². The molecule has 1 saturated heterocycles. The Hall–Kier alpha value is -0.490. The van der Waals surface area contributed by atoms with E-state index in [2.05, 4.69) is 16.9 Å². The first-order chi connectivity index (χ1) is 6.83. The van der Waals surface area contributed by atoms with Crippen LogP contribution in [0.5, 0.6) is 0 Å². The molecular formula is C9H15N3OS. The quantitative estimate of drug-likeness (QED) is 0.776. The molecule has 1 fully saturated rings. The summed E-state index contributed by atoms with van der Waals surface area (Å²) in [4.78, 5) is 7.62. The van der Waals surface area contributed by atoms with Crippen LogP contribution in [0.2, 0.25) is 0 Å². The molecule has 78 valence electrons. The molecule has 2 atom stereocenters. The number of likely N-dealkylation sites (N-methyl/N-ethyl adjacent to an activating group) is 1. The molecule has 1 aromatic heterocycles. The summed E-state index contributed by atoms with van der Waals surface area (Å²) in [7, 11) is 2.11. The zero-order valence-electron chi connectivity index (χ0n) is 8.22. The first kappa shape index (κ1) is 10.0. The molecule has 14 heavy (non-hydrogen) atoms. The van der Waals surface area contributed by atoms with Crippen LogP contribution in [0, 0.1) is 0 Å². The van der Waals surface area contributed by atoms with E-state index in [9.17, 15) is 0 Å². The van der Waals surface area contributed by atoms with E-state index in [1.807, 2.05) is 11.7 Å². The van der Waals surface area contributed by atoms with E-state index in [-0.39, 0.29) is 12.1 Å². The summed E-state index contributed by atoms with van der Waals surface area (Å²) in [6.07, 6.45) is 2.01. The van der Waals surface area contributed by atoms with Gasteiger partial charge in [0.15, 0.2) is 0 Å². The summed E-state index contributed by atoms with van der Waals surface area (Å²) in [6, 6.07) is 0.279. The first-order valence-corrected chi connectivity index (χ1v) is 5.61. The maximum Gasteiger partial charge on any atom is 0.0902 e. The summed E-state index contributed by atoms with van der Waals surface area (Å²) in [5.41, 5.74) is 7.55. The highest BCUT2D eigenvalue weighted by Crippen LogP contribution is 2.29. The summed E-state index contributed by atoms with van der Waals surface area (Å²) in [6.45, 7) is 2.29. The highest BCUT2D eigenvalue weighted by atomic mass is 32.1. The third-order valence-electron chi connectivity index (χ3n) is 2.58. The second kappa shape index (κ2) is 4.35. The number of hydrogen-bond acceptors (Lipinski definition) is 5. The van der Waals surface area contributed by atoms with Gasteiger partial charge in [0.05, 0.1) is 24.3 Å². The summed E-state index contributed by atoms with van der Waals surface area (Å²) < 4.78 is 5.65. The lowest BCUT2D eigenvalue weighted by Gasteiger charge is -2.37. The van der Waals surface area contributed by atoms with Crippen molar-refractivity contribution in [2.24, 2.45) is 5.73 Å². The van der Waals surface area contributed by atoms with Gasteiger partial charge in [-0.3, -0.25) is 9.88 Å². The van der Waals surface area contributed by atoms with E-state index in [1.165, 1.54) is 4.88 Å². The standard InChI is InChI=1S/C9H15N3OS/c1-12-2-3-13-7(4-10)9(12)8-5-11-6-14-8/h5-7,9H,2-4,10H2,1H3. The van der Waals surface area contributed by atoms with Gasteiger partial charge in [0.25, 0.3) is 0 Å². The third-order valence-corrected chi connectivity index (χ3v) is 3.42. The molecule has 4 nitrogen and oxygen atoms in total. The van der Waals surface area contributed by atoms with Crippen LogP contribution in [-0.2, 0) is 4.74 Å². The van der Waals surface area contributed by atoms with E-state index in [0.717, 1.165) is 13.2 Å². The molecule has 5 heteroatoms. The van der Waals surface area contributed by atoms with Gasteiger partial charge in [-0.15, -0.1) is 11.3 Å². The van der Waals surface area contributed by atoms with Crippen LogP contribution in [0.1, 0.15) is 10.9 Å². The lowest BCUT2D eigenvalue weighted by molar-refractivity contribution is -0.0565. The first-order valence-electron chi connectivity index (χ1n) is 4.73. The van der Waals surface area contributed by atoms with Gasteiger partial charge in [-0.05, 0) is 7.05 Å². The van der Waals surface area contributed by atoms with Crippen molar-refractivity contribution in [2.75, 3.05) is 26.7 Å². The van der Waals surface area contributed by atoms with Crippen molar-refractivity contribution >= 4 is 11.3 Å². The number of nitrogens with two attached hydrogens (primary N) is 1. The largest absolute Gasteiger partial charge is 0.374 e. The van der Waals surface area contributed by atoms with Crippen molar-refractivity contribution in [2.45, 2.75) is 12.1 Å². The molecule has 0 bridgehead atoms. The van der Waals surface area contributed by atoms with E-state index < -0.39 is 0 Å². The molecule has 0 spiro atoms. The van der Waals surface area contributed by atoms with Crippen LogP contribution < -0.4 is 5.73 Å². The molecule has 0 aliphatic carbocycles. The van der Waals surface area contributed by atoms with Crippen LogP contribution in [0.4, 0.5) is 0 Å². The topological polar surface area (TPSA) is 51.4 Å². The molecule has 2 N–H and O–H groups in total. The van der Waals surface area contributed by atoms with Crippen molar-refractivity contribution in [3.63, 3.8) is 0 Å². The summed E-state index contributed by atoms with van der Waals surface area (Å²) >= 11 is 1.66. The Morgan fingerprint density at radius 3 is 3.29 bits per heavy atom. The maximum absolute atomic E-state index is 5.69. The molecule has 0 amide bonds. The molecule has 2 unspecified atom stereocenters. The number of aromatic nitrogens is 1. The maximum atomic E-state index is 5.69. The Labute approximate surface area is 87.7 Å². The van der Waals surface area contributed by atoms with E-state index >= 15 is 0 Å². The average Bonchev–Trinajstić information content (AvgIpc) is 2.70. The average molecular weight is 213 g/mol. The second-order valence-corrected chi connectivity index (χ2v) is 4.39. The van der Waals surface area contributed by atoms with Gasteiger partial charge >= 0.3 is 0 Å². The van der Waals surface area contributed by atoms with Crippen LogP contribution in [0.3, 0.4) is 0 Å². The number of rotatable bonds is 2. The Kier molecular flexibility index (Phi) is 3.12. The number of hydrogen-bond donors (Lipinski definition) is 1. The molecule has 2 heterocycles. The van der Waals surface area contributed by atoms with Crippen molar-refractivity contribution in [1.82, 2.24) is 9.88 Å². The van der Waals surface area contributed by atoms with Gasteiger partial charge < -0.3 is 10.5 Å². The highest BCUT2D eigenvalue weighted by molar-refractivity contribution is 7.09. The predicted octanol–water partition coefficient (Wildman–Crippen LogP) is 0.473. The minimum absolute atomic E-state index is 0.106. The molecule has 0 aromatic carbocycles. The van der Waals surface area contributed by atoms with Crippen LogP contribution >= 0.6 is 11.3 Å². The van der Waals surface area contributed by atoms with E-state index in [4.69, 9.17) is 10.5 Å². The van der Waals surface area contributed by atoms with Gasteiger partial charge in [-0.1, -0.05) is 0 Å². The fraction of sp³-hybridized carbons (Fsp3) is 0.667. The number of ether oxygens (including phenoxy) is 1. The molecule has 1 aliphatic rings. The van der Waals surface area contributed by atoms with Gasteiger partial charge in [-0.2, -0.15) is 0 Å². The molecule has 0 radical (unpaired) electrons. The van der Waals surface area contributed by atoms with Crippen LogP contribution in [0.15, 0.2) is 11.7 Å². The fourth-order valence-corrected chi connectivity index (χ4v) is 2.67. The number of nitrogens with zero attached hydrogens (tertiary/aromatic N) is 2. The van der Waals surface area contributed by atoms with Crippen molar-refractivity contribution in [1.29, 1.82) is 0 Å². The lowest BCUT2D eigenvalue weighted by atomic mass is 10.1. The van der Waals surface area contributed by atoms with Gasteiger partial charge in [-0.25, -0.2) is 0 Å². The fourth-order valence-electron chi connectivity index (χ4n) is 1.83. The Morgan fingerprint density at radius 1 is 1.79 bits per heavy atom. The number of thiazole rings is 1. The van der Waals surface area contributed by atoms with Gasteiger partial charge in [0.1, 0.15) is 0 Å². The minimum atomic E-state index is 0.106. The monoisotopic (exact) mass is 213 g/mol. The summed E-state index contributed by atoms with van der Waals surface area (Å²) in [5.74, 6) is 0. The Morgan fingerprint density at radius 2 is 2.64 bits per heavy atom. The minimum Gasteiger partial charge on any atom is -0.374 e. The highest BCUT2D eigenvalue weighted by Gasteiger charge is 2.31. The molecule has 2 rings (SSSR count). The second-order valence-electron chi connectivity index (χ2n) is 3.47. The third kappa shape index (κ3) is 1.81. The smallest absolute Gasteiger partial charge is 0.0902 e. The van der Waals surface area contributed by atoms with Crippen molar-refractivity contribution in [3.05, 3.63) is 16.6 Å². The Balaban J connectivity index is 2.19. The number of morpholine rings is 1. The predicted molar refractivity (Wildman–Crippen MR) is 56.3 cm³/mol. The van der Waals surface area contributed by atoms with E-state index in [1.54, 1.807) is 11.3 Å². The lowest BCUT2D eigenvalue weighted by Crippen LogP contribution is -2.46. The Bertz CT molecular complexity index is 278. The molecule has 0 saturated carbocycles. The van der Waals surface area contributed by atoms with Crippen LogP contribution in [-0.4, -0.2) is 42.7 Å². The summed E-state index contributed by atoms with van der Waals surface area (Å²) in [5, 5.41) is 0. The normalized spacial score (nSPS) is 29.3. The van der Waals surface area contributed by atoms with Crippen LogP contribution in [0.25, 0.3) is 0 Å². The van der Waals surface area contributed by atoms with Crippen molar-refractivity contribution in [3.8, 4) is 0 Å². The zero-order valence-corrected chi connectivity index (χ0v) is 9.04. The SMILES string of the molecule is CN1CCOC(CN)C1c1cncs1. The zero-order chi connectivity index (χ0) is 9.97.